The van der Waals surface area contributed by atoms with Gasteiger partial charge in [-0.15, -0.1) is 11.3 Å². The van der Waals surface area contributed by atoms with Crippen LogP contribution in [0.4, 0.5) is 0 Å². The fourth-order valence-corrected chi connectivity index (χ4v) is 4.08. The van der Waals surface area contributed by atoms with Gasteiger partial charge in [0.1, 0.15) is 0 Å². The second kappa shape index (κ2) is 5.65. The number of hydrogen-bond donors (Lipinski definition) is 1. The first-order valence-corrected chi connectivity index (χ1v) is 7.70. The van der Waals surface area contributed by atoms with E-state index in [1.54, 1.807) is 11.3 Å². The molecular formula is C13H13Br2NS. The predicted octanol–water partition coefficient (Wildman–Crippen LogP) is 4.89. The van der Waals surface area contributed by atoms with Gasteiger partial charge < -0.3 is 5.32 Å². The summed E-state index contributed by atoms with van der Waals surface area (Å²) in [7, 11) is 1.99. The summed E-state index contributed by atoms with van der Waals surface area (Å²) in [6, 6.07) is 11.0. The summed E-state index contributed by atoms with van der Waals surface area (Å²) in [4.78, 5) is 1.31. The van der Waals surface area contributed by atoms with Crippen molar-refractivity contribution in [2.24, 2.45) is 0 Å². The molecule has 0 saturated carbocycles. The van der Waals surface area contributed by atoms with Crippen molar-refractivity contribution < 1.29 is 0 Å². The molecule has 1 aromatic heterocycles. The van der Waals surface area contributed by atoms with Crippen molar-refractivity contribution in [2.75, 3.05) is 7.05 Å². The topological polar surface area (TPSA) is 12.0 Å². The van der Waals surface area contributed by atoms with Crippen LogP contribution in [0.5, 0.6) is 0 Å². The molecule has 2 rings (SSSR count). The van der Waals surface area contributed by atoms with Gasteiger partial charge in [-0.25, -0.2) is 0 Å². The van der Waals surface area contributed by atoms with Crippen LogP contribution in [-0.2, 0) is 0 Å². The lowest BCUT2D eigenvalue weighted by molar-refractivity contribution is 0.700. The maximum Gasteiger partial charge on any atom is 0.0702 e. The third kappa shape index (κ3) is 2.99. The van der Waals surface area contributed by atoms with Gasteiger partial charge in [0.15, 0.2) is 0 Å². The molecule has 0 bridgehead atoms. The number of halogens is 2. The van der Waals surface area contributed by atoms with E-state index >= 15 is 0 Å². The number of rotatable bonds is 3. The van der Waals surface area contributed by atoms with Gasteiger partial charge in [0.2, 0.25) is 0 Å². The lowest BCUT2D eigenvalue weighted by Crippen LogP contribution is -2.16. The summed E-state index contributed by atoms with van der Waals surface area (Å²) in [5, 5.41) is 3.37. The Morgan fingerprint density at radius 3 is 2.47 bits per heavy atom. The zero-order chi connectivity index (χ0) is 12.4. The Morgan fingerprint density at radius 2 is 1.94 bits per heavy atom. The Kier molecular flexibility index (Phi) is 4.42. The summed E-state index contributed by atoms with van der Waals surface area (Å²) >= 11 is 8.92. The molecule has 0 aliphatic heterocycles. The number of aryl methyl sites for hydroxylation is 1. The van der Waals surface area contributed by atoms with Crippen LogP contribution < -0.4 is 5.32 Å². The SMILES string of the molecule is CNC(c1ccc(Br)s1)c1ccc(C)cc1Br. The van der Waals surface area contributed by atoms with Gasteiger partial charge in [-0.3, -0.25) is 0 Å². The molecule has 0 radical (unpaired) electrons. The van der Waals surface area contributed by atoms with E-state index in [2.05, 4.69) is 74.4 Å². The summed E-state index contributed by atoms with van der Waals surface area (Å²) in [6.07, 6.45) is 0. The molecule has 0 aliphatic rings. The summed E-state index contributed by atoms with van der Waals surface area (Å²) in [6.45, 7) is 2.10. The van der Waals surface area contributed by atoms with Gasteiger partial charge in [0.05, 0.1) is 9.83 Å². The summed E-state index contributed by atoms with van der Waals surface area (Å²) in [5.74, 6) is 0. The van der Waals surface area contributed by atoms with Gasteiger partial charge in [0, 0.05) is 9.35 Å². The van der Waals surface area contributed by atoms with E-state index in [0.717, 1.165) is 8.26 Å². The molecule has 1 unspecified atom stereocenters. The average Bonchev–Trinajstić information content (AvgIpc) is 2.69. The van der Waals surface area contributed by atoms with E-state index in [4.69, 9.17) is 0 Å². The second-order valence-electron chi connectivity index (χ2n) is 3.89. The normalized spacial score (nSPS) is 12.7. The van der Waals surface area contributed by atoms with Crippen LogP contribution in [-0.4, -0.2) is 7.05 Å². The standard InChI is InChI=1S/C13H13Br2NS/c1-8-3-4-9(10(14)7-8)13(16-2)11-5-6-12(15)17-11/h3-7,13,16H,1-2H3. The van der Waals surface area contributed by atoms with Crippen molar-refractivity contribution in [3.8, 4) is 0 Å². The molecule has 0 amide bonds. The molecule has 4 heteroatoms. The molecule has 2 aromatic rings. The first-order chi connectivity index (χ1) is 8.11. The first kappa shape index (κ1) is 13.3. The van der Waals surface area contributed by atoms with E-state index in [-0.39, 0.29) is 6.04 Å². The molecule has 1 nitrogen and oxygen atoms in total. The highest BCUT2D eigenvalue weighted by molar-refractivity contribution is 9.11. The molecule has 0 saturated heterocycles. The lowest BCUT2D eigenvalue weighted by Gasteiger charge is -2.17. The molecule has 1 heterocycles. The molecule has 90 valence electrons. The second-order valence-corrected chi connectivity index (χ2v) is 7.24. The van der Waals surface area contributed by atoms with Crippen LogP contribution in [0.3, 0.4) is 0 Å². The number of nitrogens with one attached hydrogen (secondary N) is 1. The summed E-state index contributed by atoms with van der Waals surface area (Å²) in [5.41, 5.74) is 2.54. The van der Waals surface area contributed by atoms with Gasteiger partial charge in [-0.05, 0) is 59.2 Å². The average molecular weight is 375 g/mol. The highest BCUT2D eigenvalue weighted by atomic mass is 79.9. The molecule has 0 fully saturated rings. The zero-order valence-corrected chi connectivity index (χ0v) is 13.6. The number of thiophene rings is 1. The Labute approximate surface area is 123 Å². The molecule has 1 N–H and O–H groups in total. The smallest absolute Gasteiger partial charge is 0.0702 e. The van der Waals surface area contributed by atoms with E-state index in [9.17, 15) is 0 Å². The van der Waals surface area contributed by atoms with E-state index < -0.39 is 0 Å². The Hall–Kier alpha value is -0.160. The lowest BCUT2D eigenvalue weighted by atomic mass is 10.0. The van der Waals surface area contributed by atoms with Gasteiger partial charge in [-0.2, -0.15) is 0 Å². The van der Waals surface area contributed by atoms with Crippen LogP contribution in [0, 0.1) is 6.92 Å². The van der Waals surface area contributed by atoms with Crippen LogP contribution in [0.2, 0.25) is 0 Å². The number of benzene rings is 1. The van der Waals surface area contributed by atoms with Gasteiger partial charge >= 0.3 is 0 Å². The molecular weight excluding hydrogens is 362 g/mol. The third-order valence-corrected chi connectivity index (χ3v) is 5.01. The maximum absolute atomic E-state index is 3.65. The third-order valence-electron chi connectivity index (χ3n) is 2.63. The molecule has 0 spiro atoms. The van der Waals surface area contributed by atoms with Gasteiger partial charge in [-0.1, -0.05) is 28.1 Å². The van der Waals surface area contributed by atoms with Crippen molar-refractivity contribution in [3.63, 3.8) is 0 Å². The minimum absolute atomic E-state index is 0.237. The minimum atomic E-state index is 0.237. The summed E-state index contributed by atoms with van der Waals surface area (Å²) < 4.78 is 2.32. The van der Waals surface area contributed by atoms with E-state index in [1.807, 2.05) is 7.05 Å². The zero-order valence-electron chi connectivity index (χ0n) is 9.63. The van der Waals surface area contributed by atoms with Crippen molar-refractivity contribution in [2.45, 2.75) is 13.0 Å². The Morgan fingerprint density at radius 1 is 1.18 bits per heavy atom. The Balaban J connectivity index is 2.42. The van der Waals surface area contributed by atoms with E-state index in [0.29, 0.717) is 0 Å². The van der Waals surface area contributed by atoms with Crippen LogP contribution in [0.1, 0.15) is 22.0 Å². The maximum atomic E-state index is 3.65. The Bertz CT molecular complexity index is 522. The van der Waals surface area contributed by atoms with Crippen molar-refractivity contribution in [1.29, 1.82) is 0 Å². The first-order valence-electron chi connectivity index (χ1n) is 5.30. The van der Waals surface area contributed by atoms with Crippen LogP contribution in [0.25, 0.3) is 0 Å². The molecule has 1 atom stereocenters. The van der Waals surface area contributed by atoms with Crippen molar-refractivity contribution in [3.05, 3.63) is 54.6 Å². The fraction of sp³-hybridized carbons (Fsp3) is 0.231. The molecule has 17 heavy (non-hydrogen) atoms. The fourth-order valence-electron chi connectivity index (χ4n) is 1.80. The highest BCUT2D eigenvalue weighted by Crippen LogP contribution is 2.34. The molecule has 1 aromatic carbocycles. The quantitative estimate of drug-likeness (QED) is 0.806. The van der Waals surface area contributed by atoms with E-state index in [1.165, 1.54) is 16.0 Å². The monoisotopic (exact) mass is 373 g/mol. The van der Waals surface area contributed by atoms with Gasteiger partial charge in [0.25, 0.3) is 0 Å². The predicted molar refractivity (Wildman–Crippen MR) is 81.8 cm³/mol. The minimum Gasteiger partial charge on any atom is -0.309 e. The largest absolute Gasteiger partial charge is 0.309 e. The highest BCUT2D eigenvalue weighted by Gasteiger charge is 2.16. The number of hydrogen-bond acceptors (Lipinski definition) is 2. The van der Waals surface area contributed by atoms with Crippen molar-refractivity contribution in [1.82, 2.24) is 5.32 Å². The van der Waals surface area contributed by atoms with Crippen LogP contribution >= 0.6 is 43.2 Å². The molecule has 0 aliphatic carbocycles. The van der Waals surface area contributed by atoms with Crippen LogP contribution in [0.15, 0.2) is 38.6 Å². The van der Waals surface area contributed by atoms with Crippen molar-refractivity contribution >= 4 is 43.2 Å².